The van der Waals surface area contributed by atoms with Crippen molar-refractivity contribution >= 4 is 67.3 Å². The number of amides is 4. The van der Waals surface area contributed by atoms with Crippen molar-refractivity contribution in [1.82, 2.24) is 5.32 Å². The summed E-state index contributed by atoms with van der Waals surface area (Å²) in [6.07, 6.45) is 1.29. The third-order valence-electron chi connectivity index (χ3n) is 5.08. The molecular weight excluding hydrogens is 560 g/mol. The molecule has 3 aromatic rings. The van der Waals surface area contributed by atoms with Crippen molar-refractivity contribution in [3.05, 3.63) is 92.9 Å². The van der Waals surface area contributed by atoms with E-state index in [1.54, 1.807) is 43.3 Å². The first-order chi connectivity index (χ1) is 16.6. The van der Waals surface area contributed by atoms with Gasteiger partial charge < -0.3 is 4.18 Å². The first-order valence-corrected chi connectivity index (χ1v) is 12.6. The normalized spacial score (nSPS) is 15.3. The summed E-state index contributed by atoms with van der Waals surface area (Å²) in [6, 6.07) is 15.8. The Kier molecular flexibility index (Phi) is 6.79. The van der Waals surface area contributed by atoms with E-state index in [4.69, 9.17) is 15.8 Å². The van der Waals surface area contributed by atoms with Crippen molar-refractivity contribution in [1.29, 1.82) is 0 Å². The minimum atomic E-state index is -4.06. The average molecular weight is 576 g/mol. The average Bonchev–Trinajstić information content (AvgIpc) is 2.81. The molecule has 0 aliphatic carbocycles. The van der Waals surface area contributed by atoms with E-state index in [9.17, 15) is 22.8 Å². The van der Waals surface area contributed by atoms with Crippen molar-refractivity contribution in [3.63, 3.8) is 0 Å². The third-order valence-corrected chi connectivity index (χ3v) is 7.36. The highest BCUT2D eigenvalue weighted by atomic mass is 79.9. The minimum absolute atomic E-state index is 0.0105. The number of carbonyl (C=O) groups excluding carboxylic acids is 3. The molecule has 0 unspecified atom stereocenters. The second kappa shape index (κ2) is 9.65. The molecule has 178 valence electrons. The Labute approximate surface area is 214 Å². The number of halogens is 2. The van der Waals surface area contributed by atoms with Crippen LogP contribution in [-0.2, 0) is 19.7 Å². The van der Waals surface area contributed by atoms with Gasteiger partial charge in [0.1, 0.15) is 10.5 Å². The highest BCUT2D eigenvalue weighted by Crippen LogP contribution is 2.32. The van der Waals surface area contributed by atoms with Gasteiger partial charge in [-0.05, 0) is 76.5 Å². The van der Waals surface area contributed by atoms with Crippen LogP contribution in [0, 0.1) is 6.92 Å². The first-order valence-electron chi connectivity index (χ1n) is 10.0. The van der Waals surface area contributed by atoms with Crippen molar-refractivity contribution < 1.29 is 27.0 Å². The topological polar surface area (TPSA) is 110 Å². The largest absolute Gasteiger partial charge is 0.378 e. The number of carbonyl (C=O) groups is 3. The van der Waals surface area contributed by atoms with Gasteiger partial charge in [0.15, 0.2) is 5.75 Å². The molecule has 1 aliphatic rings. The number of barbiturate groups is 1. The molecule has 11 heteroatoms. The summed E-state index contributed by atoms with van der Waals surface area (Å²) in [5.41, 5.74) is 0.836. The molecule has 0 saturated carbocycles. The number of rotatable bonds is 5. The molecule has 0 radical (unpaired) electrons. The fourth-order valence-electron chi connectivity index (χ4n) is 3.31. The van der Waals surface area contributed by atoms with Crippen LogP contribution in [0.1, 0.15) is 11.1 Å². The Balaban J connectivity index is 1.65. The Morgan fingerprint density at radius 2 is 1.71 bits per heavy atom. The lowest BCUT2D eigenvalue weighted by Crippen LogP contribution is -2.54. The zero-order chi connectivity index (χ0) is 25.3. The van der Waals surface area contributed by atoms with Gasteiger partial charge >= 0.3 is 16.1 Å². The summed E-state index contributed by atoms with van der Waals surface area (Å²) in [6.45, 7) is 1.65. The van der Waals surface area contributed by atoms with Crippen LogP contribution in [0.15, 0.2) is 81.7 Å². The van der Waals surface area contributed by atoms with E-state index in [1.807, 2.05) is 0 Å². The molecule has 1 aliphatic heterocycles. The van der Waals surface area contributed by atoms with Crippen LogP contribution in [0.4, 0.5) is 10.5 Å². The number of hydrogen-bond acceptors (Lipinski definition) is 6. The van der Waals surface area contributed by atoms with Crippen LogP contribution >= 0.6 is 27.5 Å². The molecular formula is C24H16BrClN2O6S. The van der Waals surface area contributed by atoms with Crippen LogP contribution in [0.3, 0.4) is 0 Å². The van der Waals surface area contributed by atoms with Crippen LogP contribution in [0.2, 0.25) is 5.02 Å². The number of nitrogens with zero attached hydrogens (tertiary/aromatic N) is 1. The highest BCUT2D eigenvalue weighted by molar-refractivity contribution is 9.10. The fraction of sp³-hybridized carbons (Fsp3) is 0.0417. The Morgan fingerprint density at radius 3 is 2.40 bits per heavy atom. The molecule has 0 bridgehead atoms. The van der Waals surface area contributed by atoms with E-state index >= 15 is 0 Å². The fourth-order valence-corrected chi connectivity index (χ4v) is 5.03. The summed E-state index contributed by atoms with van der Waals surface area (Å²) in [7, 11) is -4.06. The predicted molar refractivity (Wildman–Crippen MR) is 134 cm³/mol. The summed E-state index contributed by atoms with van der Waals surface area (Å²) < 4.78 is 30.5. The zero-order valence-electron chi connectivity index (χ0n) is 18.0. The number of benzene rings is 3. The van der Waals surface area contributed by atoms with E-state index in [2.05, 4.69) is 21.2 Å². The van der Waals surface area contributed by atoms with Crippen molar-refractivity contribution in [2.75, 3.05) is 4.90 Å². The van der Waals surface area contributed by atoms with Crippen molar-refractivity contribution in [2.24, 2.45) is 0 Å². The molecule has 3 aromatic carbocycles. The van der Waals surface area contributed by atoms with E-state index in [-0.39, 0.29) is 26.4 Å². The maximum Gasteiger partial charge on any atom is 0.339 e. The van der Waals surface area contributed by atoms with E-state index < -0.39 is 28.0 Å². The lowest BCUT2D eigenvalue weighted by Gasteiger charge is -2.27. The predicted octanol–water partition coefficient (Wildman–Crippen LogP) is 4.85. The molecule has 4 rings (SSSR count). The monoisotopic (exact) mass is 574 g/mol. The number of imide groups is 2. The van der Waals surface area contributed by atoms with Gasteiger partial charge in [0.2, 0.25) is 0 Å². The van der Waals surface area contributed by atoms with Gasteiger partial charge in [0, 0.05) is 5.02 Å². The van der Waals surface area contributed by atoms with Gasteiger partial charge in [-0.15, -0.1) is 0 Å². The van der Waals surface area contributed by atoms with Gasteiger partial charge in [-0.1, -0.05) is 41.9 Å². The second-order valence-electron chi connectivity index (χ2n) is 7.38. The number of nitrogens with one attached hydrogen (secondary N) is 1. The Bertz CT molecular complexity index is 1510. The summed E-state index contributed by atoms with van der Waals surface area (Å²) >= 11 is 9.39. The highest BCUT2D eigenvalue weighted by Gasteiger charge is 2.37. The van der Waals surface area contributed by atoms with Gasteiger partial charge in [0.25, 0.3) is 11.8 Å². The Morgan fingerprint density at radius 1 is 1.00 bits per heavy atom. The molecule has 0 spiro atoms. The Hall–Kier alpha value is -3.47. The van der Waals surface area contributed by atoms with Gasteiger partial charge in [-0.2, -0.15) is 8.42 Å². The molecule has 35 heavy (non-hydrogen) atoms. The van der Waals surface area contributed by atoms with E-state index in [1.165, 1.54) is 36.4 Å². The summed E-state index contributed by atoms with van der Waals surface area (Å²) in [5, 5.41) is 2.51. The molecule has 1 fully saturated rings. The lowest BCUT2D eigenvalue weighted by molar-refractivity contribution is -0.122. The zero-order valence-corrected chi connectivity index (χ0v) is 21.1. The lowest BCUT2D eigenvalue weighted by atomic mass is 10.1. The van der Waals surface area contributed by atoms with Crippen LogP contribution in [-0.4, -0.2) is 26.3 Å². The van der Waals surface area contributed by atoms with E-state index in [0.717, 1.165) is 4.90 Å². The molecule has 8 nitrogen and oxygen atoms in total. The SMILES string of the molecule is Cc1c(Cl)cccc1N1C(=O)NC(=O)/C(=C\c2ccc(OS(=O)(=O)c3ccccc3)c(Br)c2)C1=O. The molecule has 0 aromatic heterocycles. The standard InChI is InChI=1S/C24H16BrClN2O6S/c1-14-19(26)8-5-9-20(14)28-23(30)17(22(29)27-24(28)31)12-15-10-11-21(18(25)13-15)34-35(32,33)16-6-3-2-4-7-16/h2-13H,1H3,(H,27,29,31)/b17-12+. The van der Waals surface area contributed by atoms with Gasteiger partial charge in [-0.25, -0.2) is 9.69 Å². The van der Waals surface area contributed by atoms with Crippen LogP contribution in [0.5, 0.6) is 5.75 Å². The van der Waals surface area contributed by atoms with Crippen LogP contribution in [0.25, 0.3) is 6.08 Å². The molecule has 0 atom stereocenters. The summed E-state index contributed by atoms with van der Waals surface area (Å²) in [5.74, 6) is -1.67. The quantitative estimate of drug-likeness (QED) is 0.265. The molecule has 1 N–H and O–H groups in total. The number of urea groups is 1. The third kappa shape index (κ3) is 5.00. The van der Waals surface area contributed by atoms with E-state index in [0.29, 0.717) is 16.1 Å². The second-order valence-corrected chi connectivity index (χ2v) is 10.2. The number of anilines is 1. The van der Waals surface area contributed by atoms with Crippen LogP contribution < -0.4 is 14.4 Å². The summed E-state index contributed by atoms with van der Waals surface area (Å²) in [4.78, 5) is 38.9. The van der Waals surface area contributed by atoms with Crippen molar-refractivity contribution in [2.45, 2.75) is 11.8 Å². The van der Waals surface area contributed by atoms with Gasteiger partial charge in [0.05, 0.1) is 10.2 Å². The first kappa shape index (κ1) is 24.6. The maximum absolute atomic E-state index is 13.1. The number of hydrogen-bond donors (Lipinski definition) is 1. The minimum Gasteiger partial charge on any atom is -0.378 e. The molecule has 1 saturated heterocycles. The molecule has 4 amide bonds. The van der Waals surface area contributed by atoms with Gasteiger partial charge in [-0.3, -0.25) is 14.9 Å². The maximum atomic E-state index is 13.1. The molecule has 1 heterocycles. The smallest absolute Gasteiger partial charge is 0.339 e. The van der Waals surface area contributed by atoms with Crippen molar-refractivity contribution in [3.8, 4) is 5.75 Å².